The van der Waals surface area contributed by atoms with Gasteiger partial charge >= 0.3 is 0 Å². The third kappa shape index (κ3) is 5.20. The highest BCUT2D eigenvalue weighted by Crippen LogP contribution is 2.19. The zero-order chi connectivity index (χ0) is 11.8. The normalized spacial score (nSPS) is 9.47. The fourth-order valence-corrected chi connectivity index (χ4v) is 1.13. The van der Waals surface area contributed by atoms with Crippen LogP contribution < -0.4 is 0 Å². The first-order valence-electron chi connectivity index (χ1n) is 4.34. The molecule has 0 aliphatic rings. The lowest BCUT2D eigenvalue weighted by molar-refractivity contribution is -0.116. The Kier molecular flexibility index (Phi) is 6.42. The molecule has 1 aromatic rings. The molecule has 15 heavy (non-hydrogen) atoms. The zero-order valence-electron chi connectivity index (χ0n) is 8.64. The molecule has 0 aromatic heterocycles. The van der Waals surface area contributed by atoms with Crippen molar-refractivity contribution >= 4 is 5.78 Å². The summed E-state index contributed by atoms with van der Waals surface area (Å²) in [6.07, 6.45) is -2.24. The van der Waals surface area contributed by atoms with Crippen molar-refractivity contribution in [1.82, 2.24) is 0 Å². The second kappa shape index (κ2) is 7.04. The molecule has 4 heteroatoms. The lowest BCUT2D eigenvalue weighted by Gasteiger charge is -2.02. The minimum Gasteiger partial charge on any atom is -0.300 e. The van der Waals surface area contributed by atoms with Crippen molar-refractivity contribution in [3.05, 3.63) is 35.4 Å². The first-order valence-corrected chi connectivity index (χ1v) is 4.34. The average Bonchev–Trinajstić information content (AvgIpc) is 2.20. The molecule has 1 rings (SSSR count). The van der Waals surface area contributed by atoms with Crippen molar-refractivity contribution in [2.45, 2.75) is 19.8 Å². The summed E-state index contributed by atoms with van der Waals surface area (Å²) in [4.78, 5) is 10.7. The van der Waals surface area contributed by atoms with Crippen LogP contribution in [0.3, 0.4) is 0 Å². The van der Waals surface area contributed by atoms with Gasteiger partial charge in [-0.2, -0.15) is 0 Å². The van der Waals surface area contributed by atoms with Gasteiger partial charge in [0.2, 0.25) is 0 Å². The number of hydrogen-bond donors (Lipinski definition) is 0. The number of Topliss-reactive ketones (excluding diaryl/α,β-unsaturated/α-hetero) is 1. The van der Waals surface area contributed by atoms with Gasteiger partial charge in [0.1, 0.15) is 5.78 Å². The Labute approximate surface area is 86.9 Å². The second-order valence-corrected chi connectivity index (χ2v) is 2.92. The van der Waals surface area contributed by atoms with E-state index in [1.807, 2.05) is 0 Å². The summed E-state index contributed by atoms with van der Waals surface area (Å²) in [6.45, 7) is 1.44. The van der Waals surface area contributed by atoms with Crippen LogP contribution in [-0.2, 0) is 11.2 Å². The van der Waals surface area contributed by atoms with E-state index in [2.05, 4.69) is 0 Å². The maximum atomic E-state index is 12.2. The molecule has 0 amide bonds. The van der Waals surface area contributed by atoms with Crippen LogP contribution >= 0.6 is 0 Å². The number of carbonyl (C=O) groups excluding carboxylic acids is 1. The van der Waals surface area contributed by atoms with Crippen molar-refractivity contribution < 1.29 is 18.0 Å². The van der Waals surface area contributed by atoms with Crippen LogP contribution in [0.1, 0.15) is 24.5 Å². The molecular weight excluding hydrogens is 205 g/mol. The summed E-state index contributed by atoms with van der Waals surface area (Å²) in [5.74, 6) is -0.0218. The van der Waals surface area contributed by atoms with E-state index in [-0.39, 0.29) is 17.8 Å². The van der Waals surface area contributed by atoms with Gasteiger partial charge in [0, 0.05) is 12.0 Å². The standard InChI is InChI=1S/C10H10F2O.CH3F/c1-7(13)5-8-3-2-4-9(6-8)10(11)12;1-2/h2-4,6,10H,5H2,1H3;1H3. The van der Waals surface area contributed by atoms with Crippen LogP contribution in [0.5, 0.6) is 0 Å². The summed E-state index contributed by atoms with van der Waals surface area (Å²) >= 11 is 0. The highest BCUT2D eigenvalue weighted by Gasteiger charge is 2.07. The third-order valence-corrected chi connectivity index (χ3v) is 1.66. The number of halogens is 3. The predicted octanol–water partition coefficient (Wildman–Crippen LogP) is 3.34. The molecule has 0 fully saturated rings. The van der Waals surface area contributed by atoms with Crippen LogP contribution in [-0.4, -0.2) is 13.0 Å². The van der Waals surface area contributed by atoms with Gasteiger partial charge in [0.25, 0.3) is 6.43 Å². The van der Waals surface area contributed by atoms with Crippen LogP contribution in [0, 0.1) is 0 Å². The Morgan fingerprint density at radius 3 is 2.40 bits per heavy atom. The first-order chi connectivity index (χ1) is 7.09. The maximum Gasteiger partial charge on any atom is 0.263 e. The fraction of sp³-hybridized carbons (Fsp3) is 0.364. The molecule has 0 aliphatic heterocycles. The molecule has 1 aromatic carbocycles. The molecule has 1 nitrogen and oxygen atoms in total. The molecule has 0 bridgehead atoms. The lowest BCUT2D eigenvalue weighted by Crippen LogP contribution is -1.97. The van der Waals surface area contributed by atoms with Gasteiger partial charge in [-0.05, 0) is 18.6 Å². The van der Waals surface area contributed by atoms with Crippen LogP contribution in [0.2, 0.25) is 0 Å². The number of alkyl halides is 3. The monoisotopic (exact) mass is 218 g/mol. The van der Waals surface area contributed by atoms with E-state index in [1.54, 1.807) is 12.1 Å². The molecule has 0 saturated heterocycles. The molecule has 0 spiro atoms. The number of benzene rings is 1. The molecular formula is C11H13F3O. The van der Waals surface area contributed by atoms with E-state index >= 15 is 0 Å². The number of rotatable bonds is 3. The van der Waals surface area contributed by atoms with Gasteiger partial charge < -0.3 is 0 Å². The van der Waals surface area contributed by atoms with Crippen LogP contribution in [0.25, 0.3) is 0 Å². The second-order valence-electron chi connectivity index (χ2n) is 2.92. The van der Waals surface area contributed by atoms with Gasteiger partial charge in [-0.1, -0.05) is 18.2 Å². The summed E-state index contributed by atoms with van der Waals surface area (Å²) in [6, 6.07) is 5.94. The van der Waals surface area contributed by atoms with E-state index < -0.39 is 6.43 Å². The Balaban J connectivity index is 0.000000921. The highest BCUT2D eigenvalue weighted by atomic mass is 19.3. The average molecular weight is 218 g/mol. The molecule has 84 valence electrons. The molecule has 0 radical (unpaired) electrons. The minimum absolute atomic E-state index is 0.0218. The molecule has 0 atom stereocenters. The third-order valence-electron chi connectivity index (χ3n) is 1.66. The van der Waals surface area contributed by atoms with Crippen molar-refractivity contribution in [3.63, 3.8) is 0 Å². The summed E-state index contributed by atoms with van der Waals surface area (Å²) in [5, 5.41) is 0. The van der Waals surface area contributed by atoms with Gasteiger partial charge in [0.05, 0.1) is 7.18 Å². The Bertz CT molecular complexity index is 310. The van der Waals surface area contributed by atoms with E-state index in [9.17, 15) is 18.0 Å². The van der Waals surface area contributed by atoms with Gasteiger partial charge in [-0.3, -0.25) is 9.18 Å². The van der Waals surface area contributed by atoms with E-state index in [4.69, 9.17) is 0 Å². The predicted molar refractivity (Wildman–Crippen MR) is 52.8 cm³/mol. The van der Waals surface area contributed by atoms with Crippen LogP contribution in [0.15, 0.2) is 24.3 Å². The molecule has 0 unspecified atom stereocenters. The fourth-order valence-electron chi connectivity index (χ4n) is 1.13. The quantitative estimate of drug-likeness (QED) is 0.760. The van der Waals surface area contributed by atoms with Gasteiger partial charge in [-0.15, -0.1) is 0 Å². The van der Waals surface area contributed by atoms with E-state index in [0.717, 1.165) is 0 Å². The van der Waals surface area contributed by atoms with E-state index in [1.165, 1.54) is 19.1 Å². The summed E-state index contributed by atoms with van der Waals surface area (Å²) < 4.78 is 33.9. The van der Waals surface area contributed by atoms with E-state index in [0.29, 0.717) is 12.7 Å². The van der Waals surface area contributed by atoms with Crippen LogP contribution in [0.4, 0.5) is 13.2 Å². The Hall–Kier alpha value is -1.32. The number of hydrogen-bond acceptors (Lipinski definition) is 1. The summed E-state index contributed by atoms with van der Waals surface area (Å²) in [5.41, 5.74) is 0.615. The van der Waals surface area contributed by atoms with Crippen molar-refractivity contribution in [2.24, 2.45) is 0 Å². The largest absolute Gasteiger partial charge is 0.300 e. The lowest BCUT2D eigenvalue weighted by atomic mass is 10.1. The molecule has 0 aliphatic carbocycles. The van der Waals surface area contributed by atoms with Crippen molar-refractivity contribution in [1.29, 1.82) is 0 Å². The van der Waals surface area contributed by atoms with Gasteiger partial charge in [0.15, 0.2) is 0 Å². The smallest absolute Gasteiger partial charge is 0.263 e. The topological polar surface area (TPSA) is 17.1 Å². The number of carbonyl (C=O) groups is 1. The maximum absolute atomic E-state index is 12.2. The molecule has 0 heterocycles. The summed E-state index contributed by atoms with van der Waals surface area (Å²) in [7, 11) is 0.500. The Morgan fingerprint density at radius 2 is 1.93 bits per heavy atom. The molecule has 0 N–H and O–H groups in total. The Morgan fingerprint density at radius 1 is 1.33 bits per heavy atom. The minimum atomic E-state index is -2.47. The number of ketones is 1. The van der Waals surface area contributed by atoms with Crippen molar-refractivity contribution in [2.75, 3.05) is 7.18 Å². The molecule has 0 saturated carbocycles. The SMILES string of the molecule is CC(=O)Cc1cccc(C(F)F)c1.CF. The zero-order valence-corrected chi connectivity index (χ0v) is 8.64. The highest BCUT2D eigenvalue weighted by molar-refractivity contribution is 5.78. The first kappa shape index (κ1) is 13.7. The van der Waals surface area contributed by atoms with Crippen molar-refractivity contribution in [3.8, 4) is 0 Å². The van der Waals surface area contributed by atoms with Gasteiger partial charge in [-0.25, -0.2) is 8.78 Å².